The van der Waals surface area contributed by atoms with Gasteiger partial charge in [0.2, 0.25) is 0 Å². The zero-order valence-corrected chi connectivity index (χ0v) is 17.2. The quantitative estimate of drug-likeness (QED) is 0.507. The maximum absolute atomic E-state index is 12.9. The number of nitrogens with one attached hydrogen (secondary N) is 1. The maximum Gasteiger partial charge on any atom is 0.322 e. The molecule has 0 saturated heterocycles. The summed E-state index contributed by atoms with van der Waals surface area (Å²) in [6.07, 6.45) is 3.44. The lowest BCUT2D eigenvalue weighted by atomic mass is 10.3. The minimum absolute atomic E-state index is 0.127. The number of anilines is 1. The Morgan fingerprint density at radius 3 is 2.17 bits per heavy atom. The van der Waals surface area contributed by atoms with Gasteiger partial charge < -0.3 is 4.74 Å². The average Bonchev–Trinajstić information content (AvgIpc) is 3.27. The molecule has 0 fully saturated rings. The summed E-state index contributed by atoms with van der Waals surface area (Å²) >= 11 is 0. The van der Waals surface area contributed by atoms with Crippen molar-refractivity contribution in [3.63, 3.8) is 0 Å². The molecule has 0 saturated carbocycles. The van der Waals surface area contributed by atoms with Crippen LogP contribution < -0.4 is 9.46 Å². The molecule has 0 aliphatic rings. The highest BCUT2D eigenvalue weighted by Gasteiger charge is 2.19. The smallest absolute Gasteiger partial charge is 0.322 e. The lowest BCUT2D eigenvalue weighted by molar-refractivity contribution is 0.439. The van der Waals surface area contributed by atoms with Crippen LogP contribution in [0.3, 0.4) is 0 Å². The van der Waals surface area contributed by atoms with Crippen LogP contribution in [-0.4, -0.2) is 28.2 Å². The first-order valence-electron chi connectivity index (χ1n) is 9.13. The first-order valence-corrected chi connectivity index (χ1v) is 10.6. The van der Waals surface area contributed by atoms with Crippen molar-refractivity contribution in [2.45, 2.75) is 18.7 Å². The topological polar surface area (TPSA) is 99.0 Å². The molecule has 4 rings (SSSR count). The number of para-hydroxylation sites is 1. The third-order valence-electron chi connectivity index (χ3n) is 4.36. The highest BCUT2D eigenvalue weighted by Crippen LogP contribution is 2.25. The van der Waals surface area contributed by atoms with E-state index < -0.39 is 10.0 Å². The molecule has 2 aromatic carbocycles. The second-order valence-corrected chi connectivity index (χ2v) is 8.20. The summed E-state index contributed by atoms with van der Waals surface area (Å²) in [4.78, 5) is 8.69. The van der Waals surface area contributed by atoms with Gasteiger partial charge in [-0.3, -0.25) is 4.72 Å². The summed E-state index contributed by atoms with van der Waals surface area (Å²) in [6.45, 7) is 3.40. The third kappa shape index (κ3) is 4.15. The number of nitrogens with zero attached hydrogens (tertiary/aromatic N) is 4. The number of hydrogen-bond acceptors (Lipinski definition) is 6. The van der Waals surface area contributed by atoms with Gasteiger partial charge in [0.15, 0.2) is 0 Å². The molecule has 0 amide bonds. The van der Waals surface area contributed by atoms with Gasteiger partial charge >= 0.3 is 6.01 Å². The van der Waals surface area contributed by atoms with Gasteiger partial charge in [-0.05, 0) is 56.3 Å². The highest BCUT2D eigenvalue weighted by atomic mass is 32.2. The summed E-state index contributed by atoms with van der Waals surface area (Å²) < 4.78 is 35.6. The molecule has 0 spiro atoms. The molecule has 0 aliphatic heterocycles. The van der Waals surface area contributed by atoms with E-state index in [1.54, 1.807) is 61.3 Å². The monoisotopic (exact) mass is 421 g/mol. The minimum Gasteiger partial charge on any atom is -0.424 e. The predicted molar refractivity (Wildman–Crippen MR) is 112 cm³/mol. The van der Waals surface area contributed by atoms with Crippen molar-refractivity contribution in [1.82, 2.24) is 19.7 Å². The Balaban J connectivity index is 1.57. The lowest BCUT2D eigenvalue weighted by Gasteiger charge is -2.14. The van der Waals surface area contributed by atoms with Crippen LogP contribution in [0.25, 0.3) is 5.69 Å². The fraction of sp³-hybridized carbons (Fsp3) is 0.0952. The fourth-order valence-corrected chi connectivity index (χ4v) is 4.04. The molecule has 0 unspecified atom stereocenters. The van der Waals surface area contributed by atoms with Crippen molar-refractivity contribution in [1.29, 1.82) is 0 Å². The molecule has 8 nitrogen and oxygen atoms in total. The van der Waals surface area contributed by atoms with Crippen LogP contribution in [0.1, 0.15) is 11.4 Å². The predicted octanol–water partition coefficient (Wildman–Crippen LogP) is 3.87. The Morgan fingerprint density at radius 1 is 0.900 bits per heavy atom. The van der Waals surface area contributed by atoms with E-state index >= 15 is 0 Å². The van der Waals surface area contributed by atoms with Crippen molar-refractivity contribution in [2.24, 2.45) is 0 Å². The SMILES string of the molecule is Cc1nc(Oc2ccccc2)nc(C)c1NS(=O)(=O)c1ccc(-n2cccn2)cc1. The molecule has 1 N–H and O–H groups in total. The number of aryl methyl sites for hydroxylation is 2. The van der Waals surface area contributed by atoms with E-state index in [-0.39, 0.29) is 10.9 Å². The van der Waals surface area contributed by atoms with Crippen LogP contribution in [0.2, 0.25) is 0 Å². The van der Waals surface area contributed by atoms with E-state index in [9.17, 15) is 8.42 Å². The molecular formula is C21H19N5O3S. The second-order valence-electron chi connectivity index (χ2n) is 6.52. The largest absolute Gasteiger partial charge is 0.424 e. The van der Waals surface area contributed by atoms with E-state index in [4.69, 9.17) is 4.74 Å². The van der Waals surface area contributed by atoms with Crippen LogP contribution in [0.15, 0.2) is 78.0 Å². The van der Waals surface area contributed by atoms with Gasteiger partial charge in [0.1, 0.15) is 5.75 Å². The van der Waals surface area contributed by atoms with Crippen molar-refractivity contribution in [2.75, 3.05) is 4.72 Å². The van der Waals surface area contributed by atoms with Crippen LogP contribution in [-0.2, 0) is 10.0 Å². The molecule has 9 heteroatoms. The lowest BCUT2D eigenvalue weighted by Crippen LogP contribution is -2.16. The molecule has 152 valence electrons. The number of rotatable bonds is 6. The Morgan fingerprint density at radius 2 is 1.57 bits per heavy atom. The maximum atomic E-state index is 12.9. The van der Waals surface area contributed by atoms with Crippen LogP contribution in [0.4, 0.5) is 5.69 Å². The van der Waals surface area contributed by atoms with E-state index in [0.29, 0.717) is 22.8 Å². The van der Waals surface area contributed by atoms with Crippen molar-refractivity contribution in [3.8, 4) is 17.4 Å². The Kier molecular flexibility index (Phi) is 5.20. The number of aromatic nitrogens is 4. The van der Waals surface area contributed by atoms with Crippen molar-refractivity contribution < 1.29 is 13.2 Å². The zero-order chi connectivity index (χ0) is 21.1. The molecule has 4 aromatic rings. The molecule has 2 aromatic heterocycles. The Labute approximate surface area is 174 Å². The summed E-state index contributed by atoms with van der Waals surface area (Å²) in [7, 11) is -3.82. The van der Waals surface area contributed by atoms with Crippen molar-refractivity contribution >= 4 is 15.7 Å². The van der Waals surface area contributed by atoms with Gasteiger partial charge in [0, 0.05) is 12.4 Å². The summed E-state index contributed by atoms with van der Waals surface area (Å²) in [5.41, 5.74) is 2.01. The van der Waals surface area contributed by atoms with E-state index in [2.05, 4.69) is 19.8 Å². The molecule has 2 heterocycles. The normalized spacial score (nSPS) is 11.3. The molecular weight excluding hydrogens is 402 g/mol. The van der Waals surface area contributed by atoms with Gasteiger partial charge in [-0.25, -0.2) is 13.1 Å². The summed E-state index contributed by atoms with van der Waals surface area (Å²) in [5, 5.41) is 4.13. The van der Waals surface area contributed by atoms with Gasteiger partial charge in [-0.2, -0.15) is 15.1 Å². The average molecular weight is 421 g/mol. The van der Waals surface area contributed by atoms with E-state index in [0.717, 1.165) is 5.69 Å². The van der Waals surface area contributed by atoms with Crippen LogP contribution in [0, 0.1) is 13.8 Å². The fourth-order valence-electron chi connectivity index (χ4n) is 2.87. The Bertz CT molecular complexity index is 1230. The first-order chi connectivity index (χ1) is 14.4. The minimum atomic E-state index is -3.82. The molecule has 0 bridgehead atoms. The van der Waals surface area contributed by atoms with E-state index in [1.165, 1.54) is 12.1 Å². The molecule has 0 radical (unpaired) electrons. The second kappa shape index (κ2) is 7.96. The zero-order valence-electron chi connectivity index (χ0n) is 16.4. The third-order valence-corrected chi connectivity index (χ3v) is 5.72. The molecule has 0 atom stereocenters. The van der Waals surface area contributed by atoms with Crippen LogP contribution in [0.5, 0.6) is 11.8 Å². The van der Waals surface area contributed by atoms with Gasteiger partial charge in [0.05, 0.1) is 27.7 Å². The van der Waals surface area contributed by atoms with Gasteiger partial charge in [-0.15, -0.1) is 0 Å². The number of ether oxygens (including phenoxy) is 1. The highest BCUT2D eigenvalue weighted by molar-refractivity contribution is 7.92. The molecule has 30 heavy (non-hydrogen) atoms. The number of sulfonamides is 1. The Hall–Kier alpha value is -3.72. The van der Waals surface area contributed by atoms with Gasteiger partial charge in [-0.1, -0.05) is 18.2 Å². The van der Waals surface area contributed by atoms with Crippen LogP contribution >= 0.6 is 0 Å². The van der Waals surface area contributed by atoms with Crippen molar-refractivity contribution in [3.05, 3.63) is 84.4 Å². The molecule has 0 aliphatic carbocycles. The standard InChI is InChI=1S/C21H19N5O3S/c1-15-20(16(2)24-21(23-15)29-18-7-4-3-5-8-18)25-30(27,28)19-11-9-17(10-12-19)26-14-6-13-22-26/h3-14,25H,1-2H3. The first kappa shape index (κ1) is 19.6. The van der Waals surface area contributed by atoms with E-state index in [1.807, 2.05) is 18.2 Å². The number of benzene rings is 2. The summed E-state index contributed by atoms with van der Waals surface area (Å²) in [6, 6.07) is 17.5. The number of hydrogen-bond donors (Lipinski definition) is 1. The van der Waals surface area contributed by atoms with Gasteiger partial charge in [0.25, 0.3) is 10.0 Å². The summed E-state index contributed by atoms with van der Waals surface area (Å²) in [5.74, 6) is 0.599.